The molecule has 126 valence electrons. The van der Waals surface area contributed by atoms with Crippen molar-refractivity contribution < 1.29 is 9.31 Å². The fraction of sp³-hybridized carbons (Fsp3) is 0.333. The number of benzene rings is 2. The van der Waals surface area contributed by atoms with E-state index in [9.17, 15) is 14.5 Å². The number of hydrogen-bond donors (Lipinski definition) is 0. The van der Waals surface area contributed by atoms with Gasteiger partial charge in [-0.1, -0.05) is 36.4 Å². The molecular formula is C18H20FN3O2. The number of nitro benzene ring substituents is 1. The zero-order chi connectivity index (χ0) is 16.9. The molecule has 0 radical (unpaired) electrons. The lowest BCUT2D eigenvalue weighted by atomic mass is 10.1. The van der Waals surface area contributed by atoms with Crippen LogP contribution < -0.4 is 0 Å². The normalized spacial score (nSPS) is 16.2. The van der Waals surface area contributed by atoms with E-state index < -0.39 is 0 Å². The first kappa shape index (κ1) is 16.5. The first-order chi connectivity index (χ1) is 11.6. The molecule has 0 amide bonds. The van der Waals surface area contributed by atoms with Crippen LogP contribution in [0.4, 0.5) is 10.1 Å². The van der Waals surface area contributed by atoms with Crippen molar-refractivity contribution in [1.29, 1.82) is 0 Å². The molecule has 0 aromatic heterocycles. The molecule has 5 nitrogen and oxygen atoms in total. The van der Waals surface area contributed by atoms with Gasteiger partial charge in [0.15, 0.2) is 0 Å². The van der Waals surface area contributed by atoms with Gasteiger partial charge in [0, 0.05) is 56.5 Å². The van der Waals surface area contributed by atoms with Crippen molar-refractivity contribution in [3.05, 3.63) is 75.6 Å². The monoisotopic (exact) mass is 329 g/mol. The lowest BCUT2D eigenvalue weighted by Crippen LogP contribution is -2.45. The maximum Gasteiger partial charge on any atom is 0.273 e. The number of nitro groups is 1. The van der Waals surface area contributed by atoms with Crippen LogP contribution in [0.2, 0.25) is 0 Å². The zero-order valence-electron chi connectivity index (χ0n) is 13.4. The second-order valence-corrected chi connectivity index (χ2v) is 6.03. The molecule has 6 heteroatoms. The molecule has 3 rings (SSSR count). The number of rotatable bonds is 5. The van der Waals surface area contributed by atoms with Crippen LogP contribution in [-0.4, -0.2) is 40.9 Å². The van der Waals surface area contributed by atoms with Gasteiger partial charge in [-0.2, -0.15) is 0 Å². The summed E-state index contributed by atoms with van der Waals surface area (Å²) in [5.41, 5.74) is 1.63. The van der Waals surface area contributed by atoms with E-state index in [1.807, 2.05) is 24.3 Å². The lowest BCUT2D eigenvalue weighted by Gasteiger charge is -2.34. The van der Waals surface area contributed by atoms with Crippen LogP contribution in [0.3, 0.4) is 0 Å². The summed E-state index contributed by atoms with van der Waals surface area (Å²) in [4.78, 5) is 15.2. The molecule has 0 spiro atoms. The summed E-state index contributed by atoms with van der Waals surface area (Å²) in [6, 6.07) is 13.7. The quantitative estimate of drug-likeness (QED) is 0.625. The molecule has 0 saturated carbocycles. The molecule has 1 aliphatic heterocycles. The first-order valence-electron chi connectivity index (χ1n) is 8.04. The topological polar surface area (TPSA) is 49.6 Å². The van der Waals surface area contributed by atoms with Gasteiger partial charge in [0.25, 0.3) is 5.69 Å². The van der Waals surface area contributed by atoms with Crippen molar-refractivity contribution in [2.75, 3.05) is 26.2 Å². The number of hydrogen-bond acceptors (Lipinski definition) is 4. The van der Waals surface area contributed by atoms with Crippen LogP contribution in [-0.2, 0) is 13.1 Å². The predicted octanol–water partition coefficient (Wildman–Crippen LogP) is 3.05. The third-order valence-corrected chi connectivity index (χ3v) is 4.40. The van der Waals surface area contributed by atoms with E-state index in [0.717, 1.165) is 31.7 Å². The van der Waals surface area contributed by atoms with E-state index in [1.54, 1.807) is 18.2 Å². The van der Waals surface area contributed by atoms with Crippen LogP contribution >= 0.6 is 0 Å². The van der Waals surface area contributed by atoms with Crippen LogP contribution in [0, 0.1) is 15.9 Å². The largest absolute Gasteiger partial charge is 0.296 e. The van der Waals surface area contributed by atoms with Gasteiger partial charge in [0.1, 0.15) is 5.82 Å². The van der Waals surface area contributed by atoms with Crippen LogP contribution in [0.1, 0.15) is 11.1 Å². The summed E-state index contributed by atoms with van der Waals surface area (Å²) in [5, 5.41) is 11.1. The Morgan fingerprint density at radius 2 is 1.38 bits per heavy atom. The number of halogens is 1. The van der Waals surface area contributed by atoms with Gasteiger partial charge in [-0.15, -0.1) is 0 Å². The Morgan fingerprint density at radius 3 is 1.96 bits per heavy atom. The van der Waals surface area contributed by atoms with Gasteiger partial charge in [-0.05, 0) is 6.07 Å². The van der Waals surface area contributed by atoms with E-state index in [-0.39, 0.29) is 16.4 Å². The van der Waals surface area contributed by atoms with Crippen molar-refractivity contribution in [3.63, 3.8) is 0 Å². The Balaban J connectivity index is 1.56. The van der Waals surface area contributed by atoms with Crippen LogP contribution in [0.15, 0.2) is 48.5 Å². The number of para-hydroxylation sites is 1. The predicted molar refractivity (Wildman–Crippen MR) is 90.1 cm³/mol. The highest BCUT2D eigenvalue weighted by molar-refractivity contribution is 5.39. The number of piperazine rings is 1. The summed E-state index contributed by atoms with van der Waals surface area (Å²) in [6.45, 7) is 4.47. The Morgan fingerprint density at radius 1 is 0.875 bits per heavy atom. The Hall–Kier alpha value is -2.31. The maximum absolute atomic E-state index is 13.7. The standard InChI is InChI=1S/C18H20FN3O2/c19-17-7-3-1-5-15(17)13-20-9-11-21(12-10-20)14-16-6-2-4-8-18(16)22(23)24/h1-8H,9-14H2. The minimum Gasteiger partial charge on any atom is -0.296 e. The zero-order valence-corrected chi connectivity index (χ0v) is 13.4. The molecular weight excluding hydrogens is 309 g/mol. The molecule has 0 aliphatic carbocycles. The maximum atomic E-state index is 13.7. The summed E-state index contributed by atoms with van der Waals surface area (Å²) in [5.74, 6) is -0.167. The summed E-state index contributed by atoms with van der Waals surface area (Å²) >= 11 is 0. The molecule has 0 bridgehead atoms. The molecule has 1 saturated heterocycles. The van der Waals surface area contributed by atoms with Crippen LogP contribution in [0.5, 0.6) is 0 Å². The van der Waals surface area contributed by atoms with Crippen molar-refractivity contribution in [2.24, 2.45) is 0 Å². The summed E-state index contributed by atoms with van der Waals surface area (Å²) in [6.07, 6.45) is 0. The Bertz CT molecular complexity index is 715. The van der Waals surface area contributed by atoms with Gasteiger partial charge in [0.2, 0.25) is 0 Å². The first-order valence-corrected chi connectivity index (χ1v) is 8.04. The van der Waals surface area contributed by atoms with E-state index in [2.05, 4.69) is 9.80 Å². The SMILES string of the molecule is O=[N+]([O-])c1ccccc1CN1CCN(Cc2ccccc2F)CC1. The molecule has 2 aromatic rings. The van der Waals surface area contributed by atoms with Gasteiger partial charge >= 0.3 is 0 Å². The second kappa shape index (κ2) is 7.51. The molecule has 0 N–H and O–H groups in total. The molecule has 24 heavy (non-hydrogen) atoms. The van der Waals surface area contributed by atoms with Gasteiger partial charge in [-0.25, -0.2) is 4.39 Å². The average Bonchev–Trinajstić information content (AvgIpc) is 2.59. The molecule has 1 aliphatic rings. The van der Waals surface area contributed by atoms with Gasteiger partial charge in [-0.3, -0.25) is 19.9 Å². The van der Waals surface area contributed by atoms with Gasteiger partial charge in [0.05, 0.1) is 4.92 Å². The number of nitrogens with zero attached hydrogens (tertiary/aromatic N) is 3. The molecule has 2 aromatic carbocycles. The van der Waals surface area contributed by atoms with E-state index in [0.29, 0.717) is 18.7 Å². The van der Waals surface area contributed by atoms with E-state index >= 15 is 0 Å². The fourth-order valence-corrected chi connectivity index (χ4v) is 3.04. The third-order valence-electron chi connectivity index (χ3n) is 4.40. The highest BCUT2D eigenvalue weighted by atomic mass is 19.1. The van der Waals surface area contributed by atoms with Crippen molar-refractivity contribution in [1.82, 2.24) is 9.80 Å². The van der Waals surface area contributed by atoms with Crippen LogP contribution in [0.25, 0.3) is 0 Å². The average molecular weight is 329 g/mol. The molecule has 0 atom stereocenters. The Labute approximate surface area is 140 Å². The third kappa shape index (κ3) is 3.96. The smallest absolute Gasteiger partial charge is 0.273 e. The highest BCUT2D eigenvalue weighted by Gasteiger charge is 2.21. The second-order valence-electron chi connectivity index (χ2n) is 6.03. The highest BCUT2D eigenvalue weighted by Crippen LogP contribution is 2.20. The molecule has 0 unspecified atom stereocenters. The van der Waals surface area contributed by atoms with E-state index in [4.69, 9.17) is 0 Å². The fourth-order valence-electron chi connectivity index (χ4n) is 3.04. The van der Waals surface area contributed by atoms with E-state index in [1.165, 1.54) is 6.07 Å². The van der Waals surface area contributed by atoms with Crippen molar-refractivity contribution in [2.45, 2.75) is 13.1 Å². The molecule has 1 heterocycles. The van der Waals surface area contributed by atoms with Gasteiger partial charge < -0.3 is 0 Å². The minimum atomic E-state index is -0.330. The lowest BCUT2D eigenvalue weighted by molar-refractivity contribution is -0.385. The summed E-state index contributed by atoms with van der Waals surface area (Å²) in [7, 11) is 0. The van der Waals surface area contributed by atoms with Crippen molar-refractivity contribution in [3.8, 4) is 0 Å². The van der Waals surface area contributed by atoms with Crippen molar-refractivity contribution >= 4 is 5.69 Å². The minimum absolute atomic E-state index is 0.167. The molecule has 1 fully saturated rings. The summed E-state index contributed by atoms with van der Waals surface area (Å²) < 4.78 is 13.7. The Kier molecular flexibility index (Phi) is 5.17.